The van der Waals surface area contributed by atoms with Gasteiger partial charge in [0.25, 0.3) is 0 Å². The molecule has 19 heavy (non-hydrogen) atoms. The van der Waals surface area contributed by atoms with Crippen LogP contribution in [0.5, 0.6) is 0 Å². The molecule has 0 aromatic carbocycles. The van der Waals surface area contributed by atoms with Crippen molar-refractivity contribution in [3.8, 4) is 0 Å². The minimum absolute atomic E-state index is 0.368. The quantitative estimate of drug-likeness (QED) is 0.236. The van der Waals surface area contributed by atoms with E-state index in [4.69, 9.17) is 53.0 Å². The third kappa shape index (κ3) is 8.75. The van der Waals surface area contributed by atoms with Gasteiger partial charge in [-0.15, -0.1) is 0 Å². The van der Waals surface area contributed by atoms with Crippen LogP contribution in [0.25, 0.3) is 0 Å². The maximum absolute atomic E-state index is 5.42. The Bertz CT molecular complexity index is 386. The normalized spacial score (nSPS) is 26.7. The summed E-state index contributed by atoms with van der Waals surface area (Å²) in [6.07, 6.45) is 2.37. The van der Waals surface area contributed by atoms with Crippen molar-refractivity contribution in [1.29, 1.82) is 0 Å². The summed E-state index contributed by atoms with van der Waals surface area (Å²) in [6, 6.07) is 0. The monoisotopic (exact) mass is 516 g/mol. The van der Waals surface area contributed by atoms with Crippen LogP contribution in [-0.4, -0.2) is 20.1 Å². The summed E-state index contributed by atoms with van der Waals surface area (Å²) in [5, 5.41) is 0. The first-order chi connectivity index (χ1) is 7.64. The Morgan fingerprint density at radius 1 is 0.947 bits per heavy atom. The molecule has 1 atom stereocenters. The third-order valence-corrected chi connectivity index (χ3v) is 5.79. The maximum atomic E-state index is 5.06. The molecule has 0 bridgehead atoms. The van der Waals surface area contributed by atoms with Crippen LogP contribution in [0.2, 0.25) is 0 Å². The van der Waals surface area contributed by atoms with Gasteiger partial charge < -0.3 is 0 Å². The van der Waals surface area contributed by atoms with Crippen LogP contribution >= 0.6 is 53.0 Å². The Balaban J connectivity index is 0.000000399. The fourth-order valence-electron chi connectivity index (χ4n) is 2.50. The van der Waals surface area contributed by atoms with Crippen LogP contribution in [0.15, 0.2) is 10.5 Å². The molecule has 1 aliphatic rings. The zero-order valence-electron chi connectivity index (χ0n) is 12.1. The van der Waals surface area contributed by atoms with E-state index >= 15 is 0 Å². The van der Waals surface area contributed by atoms with E-state index in [9.17, 15) is 0 Å². The van der Waals surface area contributed by atoms with Crippen molar-refractivity contribution in [2.45, 2.75) is 46.3 Å². The van der Waals surface area contributed by atoms with Crippen molar-refractivity contribution >= 4 is 73.0 Å². The van der Waals surface area contributed by atoms with Gasteiger partial charge in [-0.2, -0.15) is 0 Å². The molecule has 0 spiro atoms. The molecule has 0 N–H and O–H groups in total. The number of hydrogen-bond acceptors (Lipinski definition) is 0. The zero-order valence-corrected chi connectivity index (χ0v) is 20.0. The molecule has 1 rings (SSSR count). The first-order valence-electron chi connectivity index (χ1n) is 5.58. The number of allylic oxidation sites excluding steroid dienone is 1. The molecular weight excluding hydrogens is 499 g/mol. The Kier molecular flexibility index (Phi) is 6.08. The number of halogens is 6. The second kappa shape index (κ2) is 5.34. The van der Waals surface area contributed by atoms with E-state index in [-0.39, 0.29) is 0 Å². The molecule has 0 amide bonds. The van der Waals surface area contributed by atoms with E-state index in [0.717, 1.165) is 0 Å². The van der Waals surface area contributed by atoms with Crippen molar-refractivity contribution < 1.29 is 0 Å². The molecule has 0 aromatic rings. The average Bonchev–Trinajstić information content (AvgIpc) is 1.93. The molecule has 0 radical (unpaired) electrons. The van der Waals surface area contributed by atoms with Crippen LogP contribution in [0, 0.1) is 5.41 Å². The van der Waals surface area contributed by atoms with Gasteiger partial charge in [0.1, 0.15) is 11.2 Å². The van der Waals surface area contributed by atoms with Gasteiger partial charge >= 0.3 is 62.1 Å². The minimum atomic E-state index is -5.42. The Morgan fingerprint density at radius 2 is 1.21 bits per heavy atom. The topological polar surface area (TPSA) is 0 Å². The molecule has 1 unspecified atom stereocenters. The molecule has 0 aliphatic carbocycles. The van der Waals surface area contributed by atoms with E-state index in [1.54, 1.807) is 10.5 Å². The molecule has 0 fully saturated rings. The third-order valence-electron chi connectivity index (χ3n) is 2.93. The van der Waals surface area contributed by atoms with Gasteiger partial charge in [-0.25, -0.2) is 0 Å². The summed E-state index contributed by atoms with van der Waals surface area (Å²) in [5.41, 5.74) is 2.05. The molecule has 0 nitrogen and oxygen atoms in total. The predicted octanol–water partition coefficient (Wildman–Crippen LogP) is 7.10. The summed E-state index contributed by atoms with van der Waals surface area (Å²) >= 11 is 0. The molecule has 1 aliphatic heterocycles. The second-order valence-electron chi connectivity index (χ2n) is 6.16. The van der Waals surface area contributed by atoms with E-state index < -0.39 is 9.14 Å². The van der Waals surface area contributed by atoms with E-state index in [0.29, 0.717) is 21.1 Å². The van der Waals surface area contributed by atoms with E-state index in [1.165, 1.54) is 0 Å². The van der Waals surface area contributed by atoms with Gasteiger partial charge in [0, 0.05) is 23.4 Å². The summed E-state index contributed by atoms with van der Waals surface area (Å²) in [7, 11) is 25.5. The van der Waals surface area contributed by atoms with Gasteiger partial charge in [-0.1, -0.05) is 20.8 Å². The Labute approximate surface area is 140 Å². The van der Waals surface area contributed by atoms with Gasteiger partial charge in [0.2, 0.25) is 0 Å². The Morgan fingerprint density at radius 3 is 1.32 bits per heavy atom. The van der Waals surface area contributed by atoms with Crippen LogP contribution in [-0.2, 0) is 10.9 Å². The van der Waals surface area contributed by atoms with Gasteiger partial charge in [0.05, 0.1) is 0 Å². The number of hydrogen-bond donors (Lipinski definition) is 0. The summed E-state index contributed by atoms with van der Waals surface area (Å²) in [5.74, 6) is 0. The molecule has 118 valence electrons. The summed E-state index contributed by atoms with van der Waals surface area (Å²) < 4.78 is 0.461. The average molecular weight is 520 g/mol. The predicted molar refractivity (Wildman–Crippen MR) is 100 cm³/mol. The summed E-state index contributed by atoms with van der Waals surface area (Å²) in [6.45, 7) is 14.0. The van der Waals surface area contributed by atoms with Crippen molar-refractivity contribution in [3.05, 3.63) is 10.5 Å². The van der Waals surface area contributed by atoms with Crippen LogP contribution in [0.1, 0.15) is 41.5 Å². The molecule has 0 saturated carbocycles. The first kappa shape index (κ1) is 21.6. The summed E-state index contributed by atoms with van der Waals surface area (Å²) in [4.78, 5) is 1.65. The van der Waals surface area contributed by atoms with Crippen LogP contribution < -0.4 is 0 Å². The SMILES string of the molecule is CC1=C(C(C)(C)C)C(C)(C)[S+]1C.[Cl][Sb-]([Cl])([Cl])([Cl])([Cl])[Cl]. The van der Waals surface area contributed by atoms with E-state index in [1.807, 2.05) is 0 Å². The van der Waals surface area contributed by atoms with Crippen molar-refractivity contribution in [3.63, 3.8) is 0 Å². The zero-order chi connectivity index (χ0) is 16.1. The van der Waals surface area contributed by atoms with Crippen LogP contribution in [0.3, 0.4) is 0 Å². The van der Waals surface area contributed by atoms with E-state index in [2.05, 4.69) is 47.8 Å². The van der Waals surface area contributed by atoms with Gasteiger partial charge in [-0.3, -0.25) is 0 Å². The fourth-order valence-corrected chi connectivity index (χ4v) is 4.74. The molecule has 8 heteroatoms. The van der Waals surface area contributed by atoms with Crippen molar-refractivity contribution in [2.75, 3.05) is 6.26 Å². The Hall–Kier alpha value is 2.65. The fraction of sp³-hybridized carbons (Fsp3) is 0.818. The van der Waals surface area contributed by atoms with Crippen molar-refractivity contribution in [1.82, 2.24) is 0 Å². The standard InChI is InChI=1S/C11H21S.6ClH.Sb/c1-8-9(10(2,3)4)11(5,6)12(8)7;;;;;;;/h1-7H3;6*1H;/q+1;;;;;;;+5/p-6. The van der Waals surface area contributed by atoms with Crippen molar-refractivity contribution in [2.24, 2.45) is 5.41 Å². The molecule has 0 aromatic heterocycles. The number of rotatable bonds is 0. The van der Waals surface area contributed by atoms with Gasteiger partial charge in [-0.05, 0) is 19.3 Å². The second-order valence-corrected chi connectivity index (χ2v) is 65.7. The van der Waals surface area contributed by atoms with Gasteiger partial charge in [0.15, 0.2) is 4.75 Å². The van der Waals surface area contributed by atoms with Crippen LogP contribution in [0.4, 0.5) is 0 Å². The molecule has 1 heterocycles. The molecule has 0 saturated heterocycles. The first-order valence-corrected chi connectivity index (χ1v) is 26.6. The molecular formula is C11H21Cl6SSb.